The third kappa shape index (κ3) is 2.38. The highest BCUT2D eigenvalue weighted by atomic mass is 16.5. The first kappa shape index (κ1) is 13.1. The Morgan fingerprint density at radius 1 is 1.35 bits per heavy atom. The molecule has 1 fully saturated rings. The smallest absolute Gasteiger partial charge is 0.146 e. The van der Waals surface area contributed by atoms with Gasteiger partial charge in [-0.25, -0.2) is 0 Å². The van der Waals surface area contributed by atoms with Gasteiger partial charge < -0.3 is 10.3 Å². The SMILES string of the molecule is Cc1noc(C)c1CN1CCCC1c1ccc(N)nn1. The van der Waals surface area contributed by atoms with Crippen molar-refractivity contribution >= 4 is 5.82 Å². The zero-order valence-corrected chi connectivity index (χ0v) is 11.8. The molecule has 20 heavy (non-hydrogen) atoms. The van der Waals surface area contributed by atoms with Gasteiger partial charge in [0.05, 0.1) is 17.4 Å². The lowest BCUT2D eigenvalue weighted by Crippen LogP contribution is -2.24. The van der Waals surface area contributed by atoms with Gasteiger partial charge in [0, 0.05) is 12.1 Å². The average Bonchev–Trinajstić information content (AvgIpc) is 3.02. The molecule has 0 spiro atoms. The lowest BCUT2D eigenvalue weighted by molar-refractivity contribution is 0.241. The Hall–Kier alpha value is -1.95. The van der Waals surface area contributed by atoms with E-state index in [4.69, 9.17) is 10.3 Å². The fourth-order valence-corrected chi connectivity index (χ4v) is 2.81. The van der Waals surface area contributed by atoms with E-state index in [1.165, 1.54) is 12.0 Å². The summed E-state index contributed by atoms with van der Waals surface area (Å²) < 4.78 is 5.24. The predicted octanol–water partition coefficient (Wildman–Crippen LogP) is 2.00. The molecule has 106 valence electrons. The first-order valence-corrected chi connectivity index (χ1v) is 6.90. The number of aryl methyl sites for hydroxylation is 2. The van der Waals surface area contributed by atoms with Crippen molar-refractivity contribution in [2.24, 2.45) is 0 Å². The van der Waals surface area contributed by atoms with Crippen LogP contribution in [0.5, 0.6) is 0 Å². The fraction of sp³-hybridized carbons (Fsp3) is 0.500. The minimum atomic E-state index is 0.303. The first-order chi connectivity index (χ1) is 9.65. The van der Waals surface area contributed by atoms with Crippen LogP contribution in [0.25, 0.3) is 0 Å². The topological polar surface area (TPSA) is 81.1 Å². The molecule has 0 bridgehead atoms. The van der Waals surface area contributed by atoms with Crippen molar-refractivity contribution in [3.8, 4) is 0 Å². The van der Waals surface area contributed by atoms with E-state index in [1.54, 1.807) is 0 Å². The molecule has 1 aliphatic heterocycles. The van der Waals surface area contributed by atoms with Crippen molar-refractivity contribution in [2.75, 3.05) is 12.3 Å². The van der Waals surface area contributed by atoms with Crippen LogP contribution < -0.4 is 5.73 Å². The summed E-state index contributed by atoms with van der Waals surface area (Å²) in [6.45, 7) is 5.85. The Morgan fingerprint density at radius 3 is 2.85 bits per heavy atom. The molecule has 1 unspecified atom stereocenters. The number of nitrogens with zero attached hydrogens (tertiary/aromatic N) is 4. The van der Waals surface area contributed by atoms with Gasteiger partial charge in [-0.05, 0) is 45.4 Å². The quantitative estimate of drug-likeness (QED) is 0.921. The van der Waals surface area contributed by atoms with E-state index in [9.17, 15) is 0 Å². The molecule has 6 nitrogen and oxygen atoms in total. The summed E-state index contributed by atoms with van der Waals surface area (Å²) in [5.74, 6) is 1.36. The molecule has 1 atom stereocenters. The van der Waals surface area contributed by atoms with Gasteiger partial charge in [-0.15, -0.1) is 5.10 Å². The second kappa shape index (κ2) is 5.20. The van der Waals surface area contributed by atoms with E-state index in [2.05, 4.69) is 20.3 Å². The molecule has 1 aliphatic rings. The molecule has 2 N–H and O–H groups in total. The standard InChI is InChI=1S/C14H19N5O/c1-9-11(10(2)20-18-9)8-19-7-3-4-13(19)12-5-6-14(15)17-16-12/h5-6,13H,3-4,7-8H2,1-2H3,(H2,15,17). The van der Waals surface area contributed by atoms with Crippen LogP contribution >= 0.6 is 0 Å². The summed E-state index contributed by atoms with van der Waals surface area (Å²) in [4.78, 5) is 2.41. The van der Waals surface area contributed by atoms with E-state index in [1.807, 2.05) is 26.0 Å². The molecular weight excluding hydrogens is 254 g/mol. The first-order valence-electron chi connectivity index (χ1n) is 6.90. The second-order valence-electron chi connectivity index (χ2n) is 5.31. The maximum atomic E-state index is 5.60. The minimum Gasteiger partial charge on any atom is -0.382 e. The molecule has 0 amide bonds. The number of hydrogen-bond donors (Lipinski definition) is 1. The lowest BCUT2D eigenvalue weighted by atomic mass is 10.1. The number of rotatable bonds is 3. The zero-order valence-electron chi connectivity index (χ0n) is 11.8. The number of nitrogen functional groups attached to an aromatic ring is 1. The number of nitrogens with two attached hydrogens (primary N) is 1. The van der Waals surface area contributed by atoms with Crippen molar-refractivity contribution in [2.45, 2.75) is 39.3 Å². The second-order valence-corrected chi connectivity index (χ2v) is 5.31. The van der Waals surface area contributed by atoms with Crippen LogP contribution in [0, 0.1) is 13.8 Å². The van der Waals surface area contributed by atoms with Crippen LogP contribution in [0.3, 0.4) is 0 Å². The Kier molecular flexibility index (Phi) is 3.40. The third-order valence-electron chi connectivity index (χ3n) is 3.95. The van der Waals surface area contributed by atoms with Gasteiger partial charge in [0.2, 0.25) is 0 Å². The normalized spacial score (nSPS) is 19.6. The van der Waals surface area contributed by atoms with E-state index in [0.29, 0.717) is 11.9 Å². The van der Waals surface area contributed by atoms with Crippen LogP contribution in [-0.2, 0) is 6.54 Å². The molecule has 0 aliphatic carbocycles. The molecular formula is C14H19N5O. The van der Waals surface area contributed by atoms with E-state index in [0.717, 1.165) is 36.7 Å². The molecule has 3 heterocycles. The molecule has 2 aromatic heterocycles. The molecule has 0 aromatic carbocycles. The lowest BCUT2D eigenvalue weighted by Gasteiger charge is -2.23. The largest absolute Gasteiger partial charge is 0.382 e. The molecule has 1 saturated heterocycles. The molecule has 0 radical (unpaired) electrons. The van der Waals surface area contributed by atoms with E-state index >= 15 is 0 Å². The van der Waals surface area contributed by atoms with E-state index < -0.39 is 0 Å². The van der Waals surface area contributed by atoms with Crippen LogP contribution in [0.2, 0.25) is 0 Å². The van der Waals surface area contributed by atoms with Gasteiger partial charge in [-0.2, -0.15) is 5.10 Å². The summed E-state index contributed by atoms with van der Waals surface area (Å²) in [7, 11) is 0. The summed E-state index contributed by atoms with van der Waals surface area (Å²) >= 11 is 0. The van der Waals surface area contributed by atoms with Crippen molar-refractivity contribution in [1.82, 2.24) is 20.3 Å². The highest BCUT2D eigenvalue weighted by Crippen LogP contribution is 2.32. The number of aromatic nitrogens is 3. The van der Waals surface area contributed by atoms with Gasteiger partial charge in [0.25, 0.3) is 0 Å². The minimum absolute atomic E-state index is 0.303. The van der Waals surface area contributed by atoms with Crippen molar-refractivity contribution in [3.63, 3.8) is 0 Å². The molecule has 3 rings (SSSR count). The highest BCUT2D eigenvalue weighted by Gasteiger charge is 2.28. The highest BCUT2D eigenvalue weighted by molar-refractivity contribution is 5.27. The summed E-state index contributed by atoms with van der Waals surface area (Å²) in [6.07, 6.45) is 2.27. The van der Waals surface area contributed by atoms with Crippen molar-refractivity contribution < 1.29 is 4.52 Å². The summed E-state index contributed by atoms with van der Waals surface area (Å²) in [6, 6.07) is 4.09. The third-order valence-corrected chi connectivity index (χ3v) is 3.95. The Morgan fingerprint density at radius 2 is 2.20 bits per heavy atom. The molecule has 2 aromatic rings. The molecule has 6 heteroatoms. The Bertz CT molecular complexity index is 573. The zero-order chi connectivity index (χ0) is 14.1. The van der Waals surface area contributed by atoms with Gasteiger partial charge >= 0.3 is 0 Å². The maximum Gasteiger partial charge on any atom is 0.146 e. The van der Waals surface area contributed by atoms with Crippen molar-refractivity contribution in [1.29, 1.82) is 0 Å². The maximum absolute atomic E-state index is 5.60. The van der Waals surface area contributed by atoms with Crippen molar-refractivity contribution in [3.05, 3.63) is 34.8 Å². The molecule has 0 saturated carbocycles. The number of likely N-dealkylation sites (tertiary alicyclic amines) is 1. The number of hydrogen-bond acceptors (Lipinski definition) is 6. The van der Waals surface area contributed by atoms with Crippen LogP contribution in [0.4, 0.5) is 5.82 Å². The number of anilines is 1. The van der Waals surface area contributed by atoms with E-state index in [-0.39, 0.29) is 0 Å². The van der Waals surface area contributed by atoms with Crippen LogP contribution in [0.15, 0.2) is 16.7 Å². The Balaban J connectivity index is 1.81. The average molecular weight is 273 g/mol. The fourth-order valence-electron chi connectivity index (χ4n) is 2.81. The van der Waals surface area contributed by atoms with Gasteiger partial charge in [0.15, 0.2) is 0 Å². The van der Waals surface area contributed by atoms with Gasteiger partial charge in [-0.1, -0.05) is 5.16 Å². The summed E-state index contributed by atoms with van der Waals surface area (Å²) in [5.41, 5.74) is 8.74. The predicted molar refractivity (Wildman–Crippen MR) is 74.8 cm³/mol. The monoisotopic (exact) mass is 273 g/mol. The van der Waals surface area contributed by atoms with Crippen LogP contribution in [-0.4, -0.2) is 26.8 Å². The van der Waals surface area contributed by atoms with Crippen LogP contribution in [0.1, 0.15) is 41.6 Å². The van der Waals surface area contributed by atoms with Gasteiger partial charge in [-0.3, -0.25) is 4.90 Å². The Labute approximate surface area is 118 Å². The summed E-state index contributed by atoms with van der Waals surface area (Å²) in [5, 5.41) is 12.2. The van der Waals surface area contributed by atoms with Gasteiger partial charge in [0.1, 0.15) is 11.6 Å².